The summed E-state index contributed by atoms with van der Waals surface area (Å²) in [5, 5.41) is 13.8. The third-order valence-corrected chi connectivity index (χ3v) is 3.90. The van der Waals surface area contributed by atoms with Gasteiger partial charge < -0.3 is 15.2 Å². The minimum atomic E-state index is 0.257. The molecule has 112 valence electrons. The molecule has 2 rings (SSSR count). The molecule has 1 saturated heterocycles. The van der Waals surface area contributed by atoms with Crippen LogP contribution in [0.5, 0.6) is 11.5 Å². The number of phenols is 1. The van der Waals surface area contributed by atoms with Gasteiger partial charge in [0.2, 0.25) is 0 Å². The topological polar surface area (TPSA) is 44.7 Å². The number of phenolic OH excluding ortho intramolecular Hbond substituents is 1. The first kappa shape index (κ1) is 15.1. The second kappa shape index (κ2) is 6.95. The number of nitrogens with zero attached hydrogens (tertiary/aromatic N) is 1. The van der Waals surface area contributed by atoms with Crippen molar-refractivity contribution in [3.8, 4) is 11.5 Å². The van der Waals surface area contributed by atoms with E-state index in [9.17, 15) is 5.11 Å². The smallest absolute Gasteiger partial charge is 0.162 e. The van der Waals surface area contributed by atoms with E-state index in [1.165, 1.54) is 0 Å². The van der Waals surface area contributed by atoms with Crippen molar-refractivity contribution in [3.05, 3.63) is 23.8 Å². The van der Waals surface area contributed by atoms with E-state index in [1.807, 2.05) is 18.2 Å². The Morgan fingerprint density at radius 2 is 2.00 bits per heavy atom. The number of hydrogen-bond donors (Lipinski definition) is 2. The Morgan fingerprint density at radius 3 is 2.60 bits per heavy atom. The summed E-state index contributed by atoms with van der Waals surface area (Å²) in [6.07, 6.45) is 1.04. The summed E-state index contributed by atoms with van der Waals surface area (Å²) in [5.41, 5.74) is 0.986. The van der Waals surface area contributed by atoms with Crippen LogP contribution in [0.2, 0.25) is 0 Å². The van der Waals surface area contributed by atoms with Crippen molar-refractivity contribution < 1.29 is 9.84 Å². The van der Waals surface area contributed by atoms with E-state index in [0.717, 1.165) is 38.2 Å². The lowest BCUT2D eigenvalue weighted by Gasteiger charge is -2.36. The molecule has 0 saturated carbocycles. The molecule has 1 aliphatic rings. The van der Waals surface area contributed by atoms with Gasteiger partial charge in [-0.1, -0.05) is 26.0 Å². The van der Waals surface area contributed by atoms with Crippen LogP contribution >= 0.6 is 0 Å². The average Bonchev–Trinajstić information content (AvgIpc) is 2.46. The molecule has 4 heteroatoms. The molecule has 1 heterocycles. The number of aromatic hydroxyl groups is 1. The lowest BCUT2D eigenvalue weighted by molar-refractivity contribution is 0.151. The molecule has 4 nitrogen and oxygen atoms in total. The van der Waals surface area contributed by atoms with E-state index in [4.69, 9.17) is 4.74 Å². The fraction of sp³-hybridized carbons (Fsp3) is 0.625. The Morgan fingerprint density at radius 1 is 1.30 bits per heavy atom. The number of nitrogens with one attached hydrogen (secondary N) is 1. The Hall–Kier alpha value is -1.26. The fourth-order valence-corrected chi connectivity index (χ4v) is 2.89. The van der Waals surface area contributed by atoms with Crippen molar-refractivity contribution in [2.24, 2.45) is 5.92 Å². The first-order valence-corrected chi connectivity index (χ1v) is 7.44. The molecule has 0 spiro atoms. The van der Waals surface area contributed by atoms with Gasteiger partial charge in [0.15, 0.2) is 11.5 Å². The maximum absolute atomic E-state index is 10.4. The zero-order valence-electron chi connectivity index (χ0n) is 12.7. The van der Waals surface area contributed by atoms with Crippen LogP contribution in [0.25, 0.3) is 0 Å². The van der Waals surface area contributed by atoms with Crippen LogP contribution in [0.15, 0.2) is 18.2 Å². The van der Waals surface area contributed by atoms with Gasteiger partial charge in [0.05, 0.1) is 7.11 Å². The SMILES string of the molecule is COc1cccc([C@@H](CC(C)C)N2CCNCC2)c1O. The summed E-state index contributed by atoms with van der Waals surface area (Å²) in [6.45, 7) is 8.53. The number of para-hydroxylation sites is 1. The average molecular weight is 278 g/mol. The van der Waals surface area contributed by atoms with Crippen molar-refractivity contribution in [2.45, 2.75) is 26.3 Å². The molecule has 1 aliphatic heterocycles. The molecule has 0 amide bonds. The zero-order chi connectivity index (χ0) is 14.5. The van der Waals surface area contributed by atoms with E-state index >= 15 is 0 Å². The molecule has 1 atom stereocenters. The number of methoxy groups -OCH3 is 1. The molecule has 0 bridgehead atoms. The van der Waals surface area contributed by atoms with Gasteiger partial charge in [0, 0.05) is 37.8 Å². The van der Waals surface area contributed by atoms with Crippen LogP contribution in [0.4, 0.5) is 0 Å². The number of piperazine rings is 1. The third kappa shape index (κ3) is 3.44. The normalized spacial score (nSPS) is 18.2. The number of rotatable bonds is 5. The van der Waals surface area contributed by atoms with Crippen molar-refractivity contribution >= 4 is 0 Å². The number of benzene rings is 1. The standard InChI is InChI=1S/C16H26N2O2/c1-12(2)11-14(18-9-7-17-8-10-18)13-5-4-6-15(20-3)16(13)19/h4-6,12,14,17,19H,7-11H2,1-3H3/t14-/m1/s1. The summed E-state index contributed by atoms with van der Waals surface area (Å²) in [4.78, 5) is 2.46. The summed E-state index contributed by atoms with van der Waals surface area (Å²) >= 11 is 0. The largest absolute Gasteiger partial charge is 0.504 e. The van der Waals surface area contributed by atoms with E-state index < -0.39 is 0 Å². The molecule has 0 aromatic heterocycles. The molecule has 0 radical (unpaired) electrons. The highest BCUT2D eigenvalue weighted by molar-refractivity contribution is 5.47. The van der Waals surface area contributed by atoms with Gasteiger partial charge >= 0.3 is 0 Å². The Balaban J connectivity index is 2.30. The van der Waals surface area contributed by atoms with Gasteiger partial charge in [0.25, 0.3) is 0 Å². The van der Waals surface area contributed by atoms with Gasteiger partial charge in [-0.25, -0.2) is 0 Å². The van der Waals surface area contributed by atoms with Crippen LogP contribution in [0.1, 0.15) is 31.9 Å². The van der Waals surface area contributed by atoms with E-state index in [1.54, 1.807) is 7.11 Å². The number of ether oxygens (including phenoxy) is 1. The molecule has 0 unspecified atom stereocenters. The van der Waals surface area contributed by atoms with Gasteiger partial charge in [-0.05, 0) is 18.4 Å². The van der Waals surface area contributed by atoms with E-state index in [0.29, 0.717) is 17.4 Å². The Labute approximate surface area is 121 Å². The molecule has 2 N–H and O–H groups in total. The van der Waals surface area contributed by atoms with Crippen LogP contribution < -0.4 is 10.1 Å². The zero-order valence-corrected chi connectivity index (χ0v) is 12.7. The molecule has 1 aromatic carbocycles. The van der Waals surface area contributed by atoms with Crippen LogP contribution in [-0.2, 0) is 0 Å². The van der Waals surface area contributed by atoms with E-state index in [-0.39, 0.29) is 6.04 Å². The van der Waals surface area contributed by atoms with Crippen LogP contribution in [-0.4, -0.2) is 43.3 Å². The first-order chi connectivity index (χ1) is 9.63. The van der Waals surface area contributed by atoms with Gasteiger partial charge in [0.1, 0.15) is 0 Å². The second-order valence-electron chi connectivity index (χ2n) is 5.83. The predicted octanol–water partition coefficient (Wildman–Crippen LogP) is 2.39. The quantitative estimate of drug-likeness (QED) is 0.868. The second-order valence-corrected chi connectivity index (χ2v) is 5.83. The summed E-state index contributed by atoms with van der Waals surface area (Å²) in [7, 11) is 1.60. The molecule has 1 fully saturated rings. The van der Waals surface area contributed by atoms with Crippen LogP contribution in [0.3, 0.4) is 0 Å². The summed E-state index contributed by atoms with van der Waals surface area (Å²) in [6, 6.07) is 6.05. The van der Waals surface area contributed by atoms with Gasteiger partial charge in [-0.2, -0.15) is 0 Å². The summed E-state index contributed by atoms with van der Waals surface area (Å²) < 4.78 is 5.25. The lowest BCUT2D eigenvalue weighted by Crippen LogP contribution is -2.45. The minimum Gasteiger partial charge on any atom is -0.504 e. The highest BCUT2D eigenvalue weighted by Crippen LogP contribution is 2.38. The third-order valence-electron chi connectivity index (χ3n) is 3.90. The maximum Gasteiger partial charge on any atom is 0.162 e. The van der Waals surface area contributed by atoms with E-state index in [2.05, 4.69) is 24.1 Å². The molecule has 1 aromatic rings. The van der Waals surface area contributed by atoms with Crippen molar-refractivity contribution in [1.82, 2.24) is 10.2 Å². The first-order valence-electron chi connectivity index (χ1n) is 7.44. The van der Waals surface area contributed by atoms with Crippen LogP contribution in [0, 0.1) is 5.92 Å². The highest BCUT2D eigenvalue weighted by atomic mass is 16.5. The summed E-state index contributed by atoms with van der Waals surface area (Å²) in [5.74, 6) is 1.44. The monoisotopic (exact) mass is 278 g/mol. The molecular weight excluding hydrogens is 252 g/mol. The number of hydrogen-bond acceptors (Lipinski definition) is 4. The van der Waals surface area contributed by atoms with Crippen molar-refractivity contribution in [2.75, 3.05) is 33.3 Å². The van der Waals surface area contributed by atoms with Crippen molar-refractivity contribution in [3.63, 3.8) is 0 Å². The molecule has 20 heavy (non-hydrogen) atoms. The van der Waals surface area contributed by atoms with Gasteiger partial charge in [-0.3, -0.25) is 4.90 Å². The Kier molecular flexibility index (Phi) is 5.26. The molecule has 0 aliphatic carbocycles. The minimum absolute atomic E-state index is 0.257. The Bertz CT molecular complexity index is 428. The van der Waals surface area contributed by atoms with Gasteiger partial charge in [-0.15, -0.1) is 0 Å². The lowest BCUT2D eigenvalue weighted by atomic mass is 9.94. The predicted molar refractivity (Wildman–Crippen MR) is 81.3 cm³/mol. The maximum atomic E-state index is 10.4. The fourth-order valence-electron chi connectivity index (χ4n) is 2.89. The highest BCUT2D eigenvalue weighted by Gasteiger charge is 2.26. The van der Waals surface area contributed by atoms with Crippen molar-refractivity contribution in [1.29, 1.82) is 0 Å². The molecular formula is C16H26N2O2.